The molecule has 16 heteroatoms. The summed E-state index contributed by atoms with van der Waals surface area (Å²) in [5, 5.41) is 10.9. The Kier molecular flexibility index (Phi) is 15.7. The molecule has 3 amide bonds. The van der Waals surface area contributed by atoms with Crippen LogP contribution in [0.1, 0.15) is 56.0 Å². The fourth-order valence-corrected chi connectivity index (χ4v) is 7.67. The van der Waals surface area contributed by atoms with Crippen LogP contribution in [0.4, 0.5) is 17.1 Å². The summed E-state index contributed by atoms with van der Waals surface area (Å²) in [5.41, 5.74) is 7.20. The molecule has 2 heterocycles. The van der Waals surface area contributed by atoms with Crippen molar-refractivity contribution >= 4 is 76.8 Å². The van der Waals surface area contributed by atoms with E-state index in [9.17, 15) is 40.3 Å². The Hall–Kier alpha value is -7.63. The maximum atomic E-state index is 12.9. The molecule has 0 fully saturated rings. The summed E-state index contributed by atoms with van der Waals surface area (Å²) in [6.45, 7) is 9.44. The molecule has 0 aliphatic heterocycles. The number of pyridine rings is 2. The van der Waals surface area contributed by atoms with Gasteiger partial charge in [-0.05, 0) is 137 Å². The lowest BCUT2D eigenvalue weighted by Crippen LogP contribution is -2.32. The normalized spacial score (nSPS) is 11.1. The number of amides is 3. The van der Waals surface area contributed by atoms with E-state index < -0.39 is 20.2 Å². The maximum Gasteiger partial charge on any atom is 0.255 e. The van der Waals surface area contributed by atoms with E-state index in [1.165, 1.54) is 24.3 Å². The molecule has 8 rings (SSSR count). The molecule has 342 valence electrons. The van der Waals surface area contributed by atoms with E-state index in [1.54, 1.807) is 72.8 Å². The predicted molar refractivity (Wildman–Crippen MR) is 255 cm³/mol. The minimum absolute atomic E-state index is 0.178. The Labute approximate surface area is 389 Å². The summed E-state index contributed by atoms with van der Waals surface area (Å²) >= 11 is 0. The van der Waals surface area contributed by atoms with Crippen LogP contribution in [-0.4, -0.2) is 43.7 Å². The van der Waals surface area contributed by atoms with Gasteiger partial charge < -0.3 is 25.1 Å². The molecule has 0 aliphatic carbocycles. The molecule has 3 N–H and O–H groups in total. The minimum atomic E-state index is -4.27. The third kappa shape index (κ3) is 13.2. The van der Waals surface area contributed by atoms with E-state index in [1.807, 2.05) is 86.9 Å². The van der Waals surface area contributed by atoms with Crippen LogP contribution in [0.15, 0.2) is 180 Å². The minimum Gasteiger partial charge on any atom is -0.744 e. The molecule has 6 aromatic carbocycles. The van der Waals surface area contributed by atoms with Crippen molar-refractivity contribution in [1.82, 2.24) is 0 Å². The summed E-state index contributed by atoms with van der Waals surface area (Å²) < 4.78 is 66.6. The first-order valence-corrected chi connectivity index (χ1v) is 23.8. The Balaban J connectivity index is 0.000000274. The van der Waals surface area contributed by atoms with Crippen LogP contribution in [0, 0.1) is 13.8 Å². The number of benzene rings is 6. The molecule has 14 nitrogen and oxygen atoms in total. The van der Waals surface area contributed by atoms with Gasteiger partial charge in [-0.2, -0.15) is 9.13 Å². The van der Waals surface area contributed by atoms with Crippen LogP contribution in [0.5, 0.6) is 0 Å². The van der Waals surface area contributed by atoms with Gasteiger partial charge in [0, 0.05) is 68.8 Å². The molecule has 0 saturated heterocycles. The number of hydrogen-bond donors (Lipinski definition) is 3. The summed E-state index contributed by atoms with van der Waals surface area (Å²) in [6, 6.07) is 44.5. The molecule has 0 bridgehead atoms. The first kappa shape index (κ1) is 48.8. The lowest BCUT2D eigenvalue weighted by atomic mass is 10.1. The van der Waals surface area contributed by atoms with Crippen molar-refractivity contribution in [2.24, 2.45) is 0 Å². The molecular weight excluding hydrogens is 891 g/mol. The Bertz CT molecular complexity index is 3220. The van der Waals surface area contributed by atoms with E-state index in [-0.39, 0.29) is 27.5 Å². The average molecular weight is 938 g/mol. The number of aromatic nitrogens is 2. The van der Waals surface area contributed by atoms with Crippen LogP contribution < -0.4 is 25.1 Å². The quantitative estimate of drug-likeness (QED) is 0.0891. The molecule has 0 unspecified atom stereocenters. The maximum absolute atomic E-state index is 12.9. The van der Waals surface area contributed by atoms with Gasteiger partial charge in [-0.15, -0.1) is 0 Å². The lowest BCUT2D eigenvalue weighted by Gasteiger charge is -2.09. The van der Waals surface area contributed by atoms with Gasteiger partial charge in [-0.3, -0.25) is 14.4 Å². The van der Waals surface area contributed by atoms with Crippen molar-refractivity contribution in [1.29, 1.82) is 0 Å². The van der Waals surface area contributed by atoms with E-state index in [0.717, 1.165) is 46.0 Å². The average Bonchev–Trinajstić information content (AvgIpc) is 3.31. The van der Waals surface area contributed by atoms with E-state index in [4.69, 9.17) is 0 Å². The number of anilines is 3. The zero-order valence-corrected chi connectivity index (χ0v) is 38.6. The number of aryl methyl sites for hydroxylation is 4. The fourth-order valence-electron chi connectivity index (χ4n) is 6.73. The highest BCUT2D eigenvalue weighted by Crippen LogP contribution is 2.20. The lowest BCUT2D eigenvalue weighted by molar-refractivity contribution is -0.668. The summed E-state index contributed by atoms with van der Waals surface area (Å²) in [6.07, 6.45) is 4.03. The number of carbonyl (C=O) groups is 3. The molecule has 0 aliphatic rings. The Morgan fingerprint density at radius 1 is 0.448 bits per heavy atom. The van der Waals surface area contributed by atoms with Gasteiger partial charge in [0.05, 0.1) is 9.79 Å². The topological polar surface area (TPSA) is 209 Å². The predicted octanol–water partition coefficient (Wildman–Crippen LogP) is 8.16. The van der Waals surface area contributed by atoms with Crippen molar-refractivity contribution in [2.75, 3.05) is 16.0 Å². The highest BCUT2D eigenvalue weighted by molar-refractivity contribution is 7.86. The second-order valence-corrected chi connectivity index (χ2v) is 17.9. The molecule has 8 aromatic rings. The second kappa shape index (κ2) is 21.6. The first-order chi connectivity index (χ1) is 31.9. The Morgan fingerprint density at radius 2 is 0.761 bits per heavy atom. The number of fused-ring (bicyclic) bond motifs is 2. The number of nitrogens with one attached hydrogen (secondary N) is 3. The third-order valence-electron chi connectivity index (χ3n) is 10.4. The van der Waals surface area contributed by atoms with Crippen molar-refractivity contribution in [2.45, 2.75) is 50.6 Å². The molecule has 67 heavy (non-hydrogen) atoms. The largest absolute Gasteiger partial charge is 0.744 e. The third-order valence-corrected chi connectivity index (χ3v) is 12.1. The second-order valence-electron chi connectivity index (χ2n) is 15.2. The van der Waals surface area contributed by atoms with Gasteiger partial charge in [0.25, 0.3) is 17.7 Å². The number of nitrogens with zero attached hydrogens (tertiary/aromatic N) is 2. The monoisotopic (exact) mass is 937 g/mol. The van der Waals surface area contributed by atoms with Crippen molar-refractivity contribution < 1.29 is 49.5 Å². The van der Waals surface area contributed by atoms with E-state index in [2.05, 4.69) is 38.9 Å². The van der Waals surface area contributed by atoms with Gasteiger partial charge in [-0.1, -0.05) is 35.4 Å². The van der Waals surface area contributed by atoms with Crippen LogP contribution in [0.25, 0.3) is 21.8 Å². The van der Waals surface area contributed by atoms with Gasteiger partial charge in [0.2, 0.25) is 11.0 Å². The summed E-state index contributed by atoms with van der Waals surface area (Å²) in [7, 11) is -8.54. The SMILES string of the molecule is CC[n+]1cccc2ccc(NC(=O)c3ccc(NC(=O)c4ccc(C(=O)Nc5ccc6ccc[n+](CC)c6c5)cc4)cc3)cc21.Cc1ccc(S(=O)(=O)[O-])cc1.Cc1ccc(S(=O)(=O)[O-])cc1. The van der Waals surface area contributed by atoms with Crippen LogP contribution in [0.2, 0.25) is 0 Å². The summed E-state index contributed by atoms with van der Waals surface area (Å²) in [4.78, 5) is 38.4. The van der Waals surface area contributed by atoms with Gasteiger partial charge in [0.15, 0.2) is 12.4 Å². The van der Waals surface area contributed by atoms with Crippen molar-refractivity contribution in [3.8, 4) is 0 Å². The van der Waals surface area contributed by atoms with Crippen molar-refractivity contribution in [3.05, 3.63) is 198 Å². The standard InChI is InChI=1S/C37H31N5O3.2C7H8O3S/c1-3-41-21-5-7-25-13-19-31(23-33(25)41)39-36(44)28-11-9-27(10-12-28)35(43)38-30-17-15-29(16-18-30)37(45)40-32-20-14-26-8-6-22-42(4-2)34(26)24-32;2*1-6-2-4-7(5-3-6)11(8,9)10/h5-24H,3-4H2,1-2H3,(H,38,43,45);2*2-5H,1H3,(H,8,9,10). The van der Waals surface area contributed by atoms with Crippen molar-refractivity contribution in [3.63, 3.8) is 0 Å². The smallest absolute Gasteiger partial charge is 0.255 e. The molecule has 0 radical (unpaired) electrons. The highest BCUT2D eigenvalue weighted by Gasteiger charge is 2.14. The van der Waals surface area contributed by atoms with Crippen LogP contribution in [0.3, 0.4) is 0 Å². The van der Waals surface area contributed by atoms with E-state index in [0.29, 0.717) is 33.8 Å². The molecule has 0 atom stereocenters. The number of hydrogen-bond acceptors (Lipinski definition) is 9. The Morgan fingerprint density at radius 3 is 1.09 bits per heavy atom. The molecule has 0 saturated carbocycles. The van der Waals surface area contributed by atoms with Crippen LogP contribution >= 0.6 is 0 Å². The van der Waals surface area contributed by atoms with E-state index >= 15 is 0 Å². The van der Waals surface area contributed by atoms with Gasteiger partial charge in [0.1, 0.15) is 33.3 Å². The summed E-state index contributed by atoms with van der Waals surface area (Å²) in [5.74, 6) is -0.825. The van der Waals surface area contributed by atoms with Gasteiger partial charge >= 0.3 is 0 Å². The first-order valence-electron chi connectivity index (χ1n) is 21.0. The van der Waals surface area contributed by atoms with Gasteiger partial charge in [-0.25, -0.2) is 16.8 Å². The fraction of sp³-hybridized carbons (Fsp3) is 0.118. The molecular formula is C51H47N5O9S2. The zero-order chi connectivity index (χ0) is 48.3. The highest BCUT2D eigenvalue weighted by atomic mass is 32.2. The zero-order valence-electron chi connectivity index (χ0n) is 37.0. The van der Waals surface area contributed by atoms with Crippen LogP contribution in [-0.2, 0) is 33.3 Å². The number of rotatable bonds is 10. The molecule has 0 spiro atoms. The molecule has 2 aromatic heterocycles. The number of carbonyl (C=O) groups excluding carboxylic acids is 3.